The van der Waals surface area contributed by atoms with Gasteiger partial charge >= 0.3 is 0 Å². The molecule has 0 bridgehead atoms. The molecule has 0 aliphatic carbocycles. The van der Waals surface area contributed by atoms with Crippen molar-refractivity contribution in [3.05, 3.63) is 71.7 Å². The Morgan fingerprint density at radius 1 is 1.00 bits per heavy atom. The third-order valence-electron chi connectivity index (χ3n) is 3.70. The van der Waals surface area contributed by atoms with Crippen molar-refractivity contribution < 1.29 is 14.1 Å². The van der Waals surface area contributed by atoms with Crippen LogP contribution in [0.3, 0.4) is 0 Å². The molecule has 0 unspecified atom stereocenters. The second kappa shape index (κ2) is 5.17. The number of hydrogen-bond donors (Lipinski definition) is 0. The molecule has 1 aromatic carbocycles. The number of fused-ring (bicyclic) bond motifs is 1. The van der Waals surface area contributed by atoms with E-state index in [2.05, 4.69) is 10.1 Å². The van der Waals surface area contributed by atoms with Crippen LogP contribution < -0.4 is 0 Å². The molecule has 0 spiro atoms. The Morgan fingerprint density at radius 2 is 1.74 bits per heavy atom. The molecule has 2 amide bonds. The molecular weight excluding hydrogens is 294 g/mol. The Balaban J connectivity index is 1.60. The number of carbonyl (C=O) groups excluding carboxylic acids is 2. The molecule has 1 aliphatic heterocycles. The average Bonchev–Trinajstić information content (AvgIpc) is 3.16. The van der Waals surface area contributed by atoms with E-state index in [4.69, 9.17) is 4.52 Å². The first-order chi connectivity index (χ1) is 11.2. The number of amides is 2. The minimum Gasteiger partial charge on any atom is -0.356 e. The van der Waals surface area contributed by atoms with Crippen molar-refractivity contribution in [2.24, 2.45) is 0 Å². The van der Waals surface area contributed by atoms with Gasteiger partial charge < -0.3 is 4.52 Å². The lowest BCUT2D eigenvalue weighted by atomic mass is 10.1. The highest BCUT2D eigenvalue weighted by atomic mass is 16.5. The SMILES string of the molecule is O=C1c2ccccc2C(=O)N1Cc1cc(-c2cccnc2)on1. The maximum atomic E-state index is 12.3. The van der Waals surface area contributed by atoms with Gasteiger partial charge in [-0.05, 0) is 24.3 Å². The van der Waals surface area contributed by atoms with Gasteiger partial charge in [0, 0.05) is 24.0 Å². The van der Waals surface area contributed by atoms with Gasteiger partial charge in [0.15, 0.2) is 5.76 Å². The highest BCUT2D eigenvalue weighted by Gasteiger charge is 2.35. The second-order valence-corrected chi connectivity index (χ2v) is 5.17. The normalized spacial score (nSPS) is 13.5. The summed E-state index contributed by atoms with van der Waals surface area (Å²) in [5.74, 6) is -0.0715. The van der Waals surface area contributed by atoms with Crippen LogP contribution in [-0.4, -0.2) is 26.9 Å². The maximum absolute atomic E-state index is 12.3. The van der Waals surface area contributed by atoms with Crippen LogP contribution in [0.1, 0.15) is 26.4 Å². The van der Waals surface area contributed by atoms with Gasteiger partial charge in [0.05, 0.1) is 17.7 Å². The summed E-state index contributed by atoms with van der Waals surface area (Å²) in [6, 6.07) is 12.1. The molecule has 3 aromatic rings. The highest BCUT2D eigenvalue weighted by Crippen LogP contribution is 2.25. The Bertz CT molecular complexity index is 867. The van der Waals surface area contributed by atoms with Gasteiger partial charge in [-0.25, -0.2) is 0 Å². The van der Waals surface area contributed by atoms with Crippen molar-refractivity contribution in [3.63, 3.8) is 0 Å². The zero-order valence-corrected chi connectivity index (χ0v) is 12.0. The fourth-order valence-corrected chi connectivity index (χ4v) is 2.58. The first kappa shape index (κ1) is 13.4. The number of hydrogen-bond acceptors (Lipinski definition) is 5. The Hall–Kier alpha value is -3.28. The average molecular weight is 305 g/mol. The van der Waals surface area contributed by atoms with Crippen molar-refractivity contribution >= 4 is 11.8 Å². The summed E-state index contributed by atoms with van der Waals surface area (Å²) in [6.45, 7) is 0.0795. The van der Waals surface area contributed by atoms with Gasteiger partial charge in [0.1, 0.15) is 5.69 Å². The van der Waals surface area contributed by atoms with Crippen LogP contribution in [0.5, 0.6) is 0 Å². The summed E-state index contributed by atoms with van der Waals surface area (Å²) in [5.41, 5.74) is 2.15. The molecular formula is C17H11N3O3. The molecule has 0 saturated carbocycles. The number of carbonyl (C=O) groups is 2. The molecule has 0 N–H and O–H groups in total. The van der Waals surface area contributed by atoms with Crippen LogP contribution in [0.25, 0.3) is 11.3 Å². The lowest BCUT2D eigenvalue weighted by Gasteiger charge is -2.10. The predicted octanol–water partition coefficient (Wildman–Crippen LogP) is 2.53. The van der Waals surface area contributed by atoms with E-state index >= 15 is 0 Å². The Morgan fingerprint density at radius 3 is 2.39 bits per heavy atom. The van der Waals surface area contributed by atoms with Crippen LogP contribution in [0.2, 0.25) is 0 Å². The number of benzene rings is 1. The van der Waals surface area contributed by atoms with E-state index in [9.17, 15) is 9.59 Å². The van der Waals surface area contributed by atoms with Crippen LogP contribution in [0.4, 0.5) is 0 Å². The summed E-state index contributed by atoms with van der Waals surface area (Å²) in [4.78, 5) is 29.8. The Labute approximate surface area is 131 Å². The van der Waals surface area contributed by atoms with Crippen molar-refractivity contribution in [2.45, 2.75) is 6.54 Å². The monoisotopic (exact) mass is 305 g/mol. The van der Waals surface area contributed by atoms with E-state index in [1.807, 2.05) is 6.07 Å². The zero-order valence-electron chi connectivity index (χ0n) is 12.0. The van der Waals surface area contributed by atoms with Gasteiger partial charge in [0.25, 0.3) is 11.8 Å². The predicted molar refractivity (Wildman–Crippen MR) is 80.4 cm³/mol. The molecule has 1 aliphatic rings. The summed E-state index contributed by atoms with van der Waals surface area (Å²) in [6.07, 6.45) is 3.33. The lowest BCUT2D eigenvalue weighted by molar-refractivity contribution is 0.0639. The molecule has 0 fully saturated rings. The first-order valence-electron chi connectivity index (χ1n) is 7.05. The molecule has 23 heavy (non-hydrogen) atoms. The quantitative estimate of drug-likeness (QED) is 0.695. The Kier molecular flexibility index (Phi) is 3.01. The van der Waals surface area contributed by atoms with E-state index in [0.717, 1.165) is 5.56 Å². The second-order valence-electron chi connectivity index (χ2n) is 5.17. The number of aromatic nitrogens is 2. The third-order valence-corrected chi connectivity index (χ3v) is 3.70. The van der Waals surface area contributed by atoms with Crippen LogP contribution in [0.15, 0.2) is 59.4 Å². The molecule has 6 heteroatoms. The van der Waals surface area contributed by atoms with E-state index in [-0.39, 0.29) is 18.4 Å². The minimum atomic E-state index is -0.309. The molecule has 6 nitrogen and oxygen atoms in total. The smallest absolute Gasteiger partial charge is 0.261 e. The summed E-state index contributed by atoms with van der Waals surface area (Å²) in [7, 11) is 0. The van der Waals surface area contributed by atoms with Gasteiger partial charge in [0.2, 0.25) is 0 Å². The van der Waals surface area contributed by atoms with Crippen molar-refractivity contribution in [1.82, 2.24) is 15.0 Å². The zero-order chi connectivity index (χ0) is 15.8. The molecule has 0 radical (unpaired) electrons. The third kappa shape index (κ3) is 2.20. The number of imide groups is 1. The molecule has 2 aromatic heterocycles. The summed E-state index contributed by atoms with van der Waals surface area (Å²) < 4.78 is 5.27. The van der Waals surface area contributed by atoms with Gasteiger partial charge in [-0.15, -0.1) is 0 Å². The standard InChI is InChI=1S/C17H11N3O3/c21-16-13-5-1-2-6-14(13)17(22)20(16)10-12-8-15(23-19-12)11-4-3-7-18-9-11/h1-9H,10H2. The summed E-state index contributed by atoms with van der Waals surface area (Å²) in [5, 5.41) is 3.94. The largest absolute Gasteiger partial charge is 0.356 e. The van der Waals surface area contributed by atoms with Crippen molar-refractivity contribution in [2.75, 3.05) is 0 Å². The molecule has 0 atom stereocenters. The van der Waals surface area contributed by atoms with E-state index in [0.29, 0.717) is 22.6 Å². The van der Waals surface area contributed by atoms with Crippen LogP contribution in [-0.2, 0) is 6.54 Å². The summed E-state index contributed by atoms with van der Waals surface area (Å²) >= 11 is 0. The topological polar surface area (TPSA) is 76.3 Å². The molecule has 4 rings (SSSR count). The number of rotatable bonds is 3. The van der Waals surface area contributed by atoms with Gasteiger partial charge in [-0.1, -0.05) is 17.3 Å². The molecule has 3 heterocycles. The fraction of sp³-hybridized carbons (Fsp3) is 0.0588. The van der Waals surface area contributed by atoms with Gasteiger partial charge in [-0.2, -0.15) is 0 Å². The molecule has 0 saturated heterocycles. The molecule has 112 valence electrons. The number of nitrogens with zero attached hydrogens (tertiary/aromatic N) is 3. The van der Waals surface area contributed by atoms with E-state index in [1.165, 1.54) is 4.90 Å². The van der Waals surface area contributed by atoms with Crippen LogP contribution in [0, 0.1) is 0 Å². The maximum Gasteiger partial charge on any atom is 0.261 e. The van der Waals surface area contributed by atoms with E-state index in [1.54, 1.807) is 48.8 Å². The van der Waals surface area contributed by atoms with Crippen molar-refractivity contribution in [3.8, 4) is 11.3 Å². The van der Waals surface area contributed by atoms with Crippen LogP contribution >= 0.6 is 0 Å². The first-order valence-corrected chi connectivity index (χ1v) is 7.05. The van der Waals surface area contributed by atoms with E-state index < -0.39 is 0 Å². The fourth-order valence-electron chi connectivity index (χ4n) is 2.58. The van der Waals surface area contributed by atoms with Gasteiger partial charge in [-0.3, -0.25) is 19.5 Å². The minimum absolute atomic E-state index is 0.0795. The van der Waals surface area contributed by atoms with Crippen molar-refractivity contribution in [1.29, 1.82) is 0 Å². The lowest BCUT2D eigenvalue weighted by Crippen LogP contribution is -2.29. The highest BCUT2D eigenvalue weighted by molar-refractivity contribution is 6.21. The number of pyridine rings is 1.